The van der Waals surface area contributed by atoms with Crippen LogP contribution in [0.1, 0.15) is 11.1 Å². The van der Waals surface area contributed by atoms with Gasteiger partial charge in [-0.05, 0) is 24.1 Å². The van der Waals surface area contributed by atoms with Gasteiger partial charge in [0.25, 0.3) is 0 Å². The van der Waals surface area contributed by atoms with Crippen LogP contribution in [-0.2, 0) is 6.42 Å². The van der Waals surface area contributed by atoms with Gasteiger partial charge in [0.05, 0.1) is 5.84 Å². The molecule has 0 fully saturated rings. The molecule has 12 heavy (non-hydrogen) atoms. The molecule has 1 aromatic rings. The number of amidine groups is 1. The van der Waals surface area contributed by atoms with Gasteiger partial charge in [-0.2, -0.15) is 0 Å². The number of nitrogens with one attached hydrogen (secondary N) is 1. The van der Waals surface area contributed by atoms with E-state index in [1.807, 2.05) is 25.1 Å². The summed E-state index contributed by atoms with van der Waals surface area (Å²) >= 11 is 3.42. The van der Waals surface area contributed by atoms with Crippen LogP contribution in [0.3, 0.4) is 0 Å². The number of rotatable bonds is 2. The van der Waals surface area contributed by atoms with E-state index in [1.54, 1.807) is 0 Å². The average Bonchev–Trinajstić information content (AvgIpc) is 1.98. The van der Waals surface area contributed by atoms with E-state index in [-0.39, 0.29) is 5.84 Å². The van der Waals surface area contributed by atoms with Crippen molar-refractivity contribution < 1.29 is 0 Å². The second-order valence-electron chi connectivity index (χ2n) is 2.73. The third kappa shape index (κ3) is 2.08. The van der Waals surface area contributed by atoms with Crippen LogP contribution in [0, 0.1) is 12.3 Å². The molecule has 2 nitrogen and oxygen atoms in total. The molecule has 0 aliphatic heterocycles. The first-order valence-corrected chi connectivity index (χ1v) is 4.47. The van der Waals surface area contributed by atoms with Crippen molar-refractivity contribution in [3.63, 3.8) is 0 Å². The fourth-order valence-electron chi connectivity index (χ4n) is 1.05. The average molecular weight is 227 g/mol. The molecule has 0 heterocycles. The lowest BCUT2D eigenvalue weighted by Gasteiger charge is -2.05. The molecule has 0 aliphatic carbocycles. The first-order chi connectivity index (χ1) is 5.61. The topological polar surface area (TPSA) is 49.9 Å². The van der Waals surface area contributed by atoms with Gasteiger partial charge in [0.1, 0.15) is 0 Å². The summed E-state index contributed by atoms with van der Waals surface area (Å²) in [5, 5.41) is 7.16. The second-order valence-corrected chi connectivity index (χ2v) is 3.58. The fraction of sp³-hybridized carbons (Fsp3) is 0.222. The number of halogens is 1. The van der Waals surface area contributed by atoms with E-state index in [2.05, 4.69) is 15.9 Å². The van der Waals surface area contributed by atoms with Crippen molar-refractivity contribution in [1.82, 2.24) is 0 Å². The Bertz CT molecular complexity index is 307. The minimum absolute atomic E-state index is 0.205. The minimum Gasteiger partial charge on any atom is -0.387 e. The molecule has 0 atom stereocenters. The lowest BCUT2D eigenvalue weighted by atomic mass is 10.1. The number of nitrogens with two attached hydrogens (primary N) is 1. The molecule has 0 bridgehead atoms. The molecule has 0 spiro atoms. The van der Waals surface area contributed by atoms with Crippen LogP contribution in [0.4, 0.5) is 0 Å². The van der Waals surface area contributed by atoms with Crippen LogP contribution in [0.15, 0.2) is 22.7 Å². The third-order valence-electron chi connectivity index (χ3n) is 1.76. The van der Waals surface area contributed by atoms with Crippen LogP contribution in [-0.4, -0.2) is 5.84 Å². The smallest absolute Gasteiger partial charge is 0.0950 e. The quantitative estimate of drug-likeness (QED) is 0.590. The Balaban J connectivity index is 3.00. The maximum Gasteiger partial charge on any atom is 0.0950 e. The van der Waals surface area contributed by atoms with E-state index in [0.717, 1.165) is 15.6 Å². The largest absolute Gasteiger partial charge is 0.387 e. The summed E-state index contributed by atoms with van der Waals surface area (Å²) in [4.78, 5) is 0. The highest BCUT2D eigenvalue weighted by Crippen LogP contribution is 2.19. The summed E-state index contributed by atoms with van der Waals surface area (Å²) < 4.78 is 1.07. The van der Waals surface area contributed by atoms with Crippen LogP contribution in [0.5, 0.6) is 0 Å². The monoisotopic (exact) mass is 226 g/mol. The highest BCUT2D eigenvalue weighted by atomic mass is 79.9. The Labute approximate surface area is 80.4 Å². The molecule has 1 rings (SSSR count). The summed E-state index contributed by atoms with van der Waals surface area (Å²) in [6, 6.07) is 5.93. The predicted octanol–water partition coefficient (Wildman–Crippen LogP) is 2.24. The van der Waals surface area contributed by atoms with Crippen LogP contribution in [0.2, 0.25) is 0 Å². The lowest BCUT2D eigenvalue weighted by molar-refractivity contribution is 1.20. The van der Waals surface area contributed by atoms with Gasteiger partial charge in [-0.15, -0.1) is 0 Å². The Morgan fingerprint density at radius 1 is 1.58 bits per heavy atom. The van der Waals surface area contributed by atoms with E-state index >= 15 is 0 Å². The van der Waals surface area contributed by atoms with Gasteiger partial charge in [-0.1, -0.05) is 28.1 Å². The summed E-state index contributed by atoms with van der Waals surface area (Å²) in [6.07, 6.45) is 0.533. The molecule has 1 aromatic carbocycles. The Kier molecular flexibility index (Phi) is 2.87. The van der Waals surface area contributed by atoms with Gasteiger partial charge < -0.3 is 5.73 Å². The van der Waals surface area contributed by atoms with Crippen molar-refractivity contribution >= 4 is 21.8 Å². The van der Waals surface area contributed by atoms with E-state index in [9.17, 15) is 0 Å². The van der Waals surface area contributed by atoms with Crippen LogP contribution < -0.4 is 5.73 Å². The molecular weight excluding hydrogens is 216 g/mol. The molecule has 0 aromatic heterocycles. The highest BCUT2D eigenvalue weighted by Gasteiger charge is 2.01. The maximum atomic E-state index is 7.16. The van der Waals surface area contributed by atoms with Crippen molar-refractivity contribution in [1.29, 1.82) is 5.41 Å². The molecular formula is C9H11BrN2. The summed E-state index contributed by atoms with van der Waals surface area (Å²) in [5.74, 6) is 0.205. The number of hydrogen-bond acceptors (Lipinski definition) is 1. The SMILES string of the molecule is Cc1c(Br)cccc1CC(=N)N. The van der Waals surface area contributed by atoms with Crippen LogP contribution in [0.25, 0.3) is 0 Å². The van der Waals surface area contributed by atoms with Crippen molar-refractivity contribution in [2.24, 2.45) is 5.73 Å². The molecule has 0 saturated carbocycles. The first-order valence-electron chi connectivity index (χ1n) is 3.68. The van der Waals surface area contributed by atoms with E-state index in [0.29, 0.717) is 6.42 Å². The second kappa shape index (κ2) is 3.72. The zero-order chi connectivity index (χ0) is 9.14. The van der Waals surface area contributed by atoms with E-state index in [4.69, 9.17) is 11.1 Å². The first kappa shape index (κ1) is 9.26. The van der Waals surface area contributed by atoms with Crippen molar-refractivity contribution in [3.05, 3.63) is 33.8 Å². The molecule has 0 unspecified atom stereocenters. The normalized spacial score (nSPS) is 9.83. The lowest BCUT2D eigenvalue weighted by Crippen LogP contribution is -2.13. The molecule has 0 radical (unpaired) electrons. The van der Waals surface area contributed by atoms with Crippen molar-refractivity contribution in [2.75, 3.05) is 0 Å². The molecule has 0 aliphatic rings. The highest BCUT2D eigenvalue weighted by molar-refractivity contribution is 9.10. The van der Waals surface area contributed by atoms with Gasteiger partial charge >= 0.3 is 0 Å². The standard InChI is InChI=1S/C9H11BrN2/c1-6-7(5-9(11)12)3-2-4-8(6)10/h2-4H,5H2,1H3,(H3,11,12). The Morgan fingerprint density at radius 3 is 2.83 bits per heavy atom. The number of hydrogen-bond donors (Lipinski definition) is 2. The maximum absolute atomic E-state index is 7.16. The van der Waals surface area contributed by atoms with Crippen molar-refractivity contribution in [3.8, 4) is 0 Å². The summed E-state index contributed by atoms with van der Waals surface area (Å²) in [6.45, 7) is 2.02. The third-order valence-corrected chi connectivity index (χ3v) is 2.62. The molecule has 0 amide bonds. The predicted molar refractivity (Wildman–Crippen MR) is 54.5 cm³/mol. The summed E-state index contributed by atoms with van der Waals surface area (Å²) in [5.41, 5.74) is 7.58. The van der Waals surface area contributed by atoms with Crippen LogP contribution >= 0.6 is 15.9 Å². The van der Waals surface area contributed by atoms with Gasteiger partial charge in [0, 0.05) is 10.9 Å². The van der Waals surface area contributed by atoms with E-state index < -0.39 is 0 Å². The minimum atomic E-state index is 0.205. The molecule has 3 N–H and O–H groups in total. The fourth-order valence-corrected chi connectivity index (χ4v) is 1.46. The molecule has 3 heteroatoms. The van der Waals surface area contributed by atoms with Gasteiger partial charge in [0.15, 0.2) is 0 Å². The Hall–Kier alpha value is -0.830. The number of benzene rings is 1. The Morgan fingerprint density at radius 2 is 2.25 bits per heavy atom. The zero-order valence-corrected chi connectivity index (χ0v) is 8.48. The van der Waals surface area contributed by atoms with Gasteiger partial charge in [0.2, 0.25) is 0 Å². The van der Waals surface area contributed by atoms with Crippen molar-refractivity contribution in [2.45, 2.75) is 13.3 Å². The van der Waals surface area contributed by atoms with Gasteiger partial charge in [-0.3, -0.25) is 5.41 Å². The summed E-state index contributed by atoms with van der Waals surface area (Å²) in [7, 11) is 0. The zero-order valence-electron chi connectivity index (χ0n) is 6.89. The van der Waals surface area contributed by atoms with Gasteiger partial charge in [-0.25, -0.2) is 0 Å². The molecule has 0 saturated heterocycles. The molecule has 64 valence electrons. The van der Waals surface area contributed by atoms with E-state index in [1.165, 1.54) is 0 Å².